The molecule has 0 bridgehead atoms. The lowest BCUT2D eigenvalue weighted by Gasteiger charge is -2.09. The lowest BCUT2D eigenvalue weighted by Crippen LogP contribution is -2.26. The number of aryl methyl sites for hydroxylation is 2. The van der Waals surface area contributed by atoms with Crippen LogP contribution >= 0.6 is 11.6 Å². The molecular formula is C10H15ClN4O. The van der Waals surface area contributed by atoms with E-state index < -0.39 is 0 Å². The molecule has 1 aromatic rings. The number of halogens is 1. The van der Waals surface area contributed by atoms with Crippen molar-refractivity contribution in [2.24, 2.45) is 0 Å². The monoisotopic (exact) mass is 242 g/mol. The Labute approximate surface area is 99.6 Å². The predicted octanol–water partition coefficient (Wildman–Crippen LogP) is 1.29. The van der Waals surface area contributed by atoms with Gasteiger partial charge in [-0.3, -0.25) is 4.79 Å². The molecule has 1 rings (SSSR count). The quantitative estimate of drug-likeness (QED) is 0.781. The molecule has 0 saturated heterocycles. The number of anilines is 1. The summed E-state index contributed by atoms with van der Waals surface area (Å²) in [7, 11) is 0. The lowest BCUT2D eigenvalue weighted by molar-refractivity contribution is -0.118. The third-order valence-corrected chi connectivity index (χ3v) is 2.32. The number of aromatic nitrogens is 2. The van der Waals surface area contributed by atoms with Gasteiger partial charge in [0, 0.05) is 20.0 Å². The predicted molar refractivity (Wildman–Crippen MR) is 63.7 cm³/mol. The van der Waals surface area contributed by atoms with Crippen LogP contribution in [0.4, 0.5) is 5.82 Å². The van der Waals surface area contributed by atoms with Crippen LogP contribution in [-0.4, -0.2) is 29.0 Å². The van der Waals surface area contributed by atoms with Gasteiger partial charge >= 0.3 is 0 Å². The first kappa shape index (κ1) is 12.7. The minimum atomic E-state index is -0.0564. The molecule has 0 aromatic carbocycles. The van der Waals surface area contributed by atoms with Crippen molar-refractivity contribution in [3.8, 4) is 0 Å². The van der Waals surface area contributed by atoms with Crippen LogP contribution in [0.2, 0.25) is 5.15 Å². The number of hydrogen-bond donors (Lipinski definition) is 2. The molecule has 0 fully saturated rings. The molecule has 1 heterocycles. The maximum atomic E-state index is 10.6. The van der Waals surface area contributed by atoms with Gasteiger partial charge in [0.25, 0.3) is 0 Å². The van der Waals surface area contributed by atoms with Crippen LogP contribution in [0.1, 0.15) is 18.3 Å². The van der Waals surface area contributed by atoms with Crippen LogP contribution in [0.3, 0.4) is 0 Å². The van der Waals surface area contributed by atoms with Crippen LogP contribution in [0.15, 0.2) is 0 Å². The Morgan fingerprint density at radius 3 is 2.50 bits per heavy atom. The standard InChI is InChI=1S/C10H15ClN4O/c1-6-7(2)15-10(9(11)14-6)13-5-4-12-8(3)16/h4-5H2,1-3H3,(H,12,16)(H,13,15). The number of nitrogens with zero attached hydrogens (tertiary/aromatic N) is 2. The number of carbonyl (C=O) groups is 1. The Kier molecular flexibility index (Phi) is 4.49. The summed E-state index contributed by atoms with van der Waals surface area (Å²) in [5.41, 5.74) is 1.66. The molecule has 1 aromatic heterocycles. The summed E-state index contributed by atoms with van der Waals surface area (Å²) < 4.78 is 0. The van der Waals surface area contributed by atoms with Gasteiger partial charge in [0.15, 0.2) is 11.0 Å². The Morgan fingerprint density at radius 1 is 1.25 bits per heavy atom. The van der Waals surface area contributed by atoms with Gasteiger partial charge < -0.3 is 10.6 Å². The average Bonchev–Trinajstić information content (AvgIpc) is 2.19. The van der Waals surface area contributed by atoms with Crippen molar-refractivity contribution in [3.05, 3.63) is 16.5 Å². The van der Waals surface area contributed by atoms with Crippen molar-refractivity contribution in [1.29, 1.82) is 0 Å². The van der Waals surface area contributed by atoms with Crippen LogP contribution in [0.5, 0.6) is 0 Å². The Bertz CT molecular complexity index is 395. The molecule has 16 heavy (non-hydrogen) atoms. The van der Waals surface area contributed by atoms with Gasteiger partial charge in [-0.25, -0.2) is 9.97 Å². The van der Waals surface area contributed by atoms with E-state index in [1.807, 2.05) is 13.8 Å². The summed E-state index contributed by atoms with van der Waals surface area (Å²) in [5, 5.41) is 6.04. The van der Waals surface area contributed by atoms with Gasteiger partial charge in [-0.2, -0.15) is 0 Å². The molecule has 0 saturated carbocycles. The van der Waals surface area contributed by atoms with E-state index in [1.165, 1.54) is 6.92 Å². The van der Waals surface area contributed by atoms with Crippen LogP contribution < -0.4 is 10.6 Å². The highest BCUT2D eigenvalue weighted by Crippen LogP contribution is 2.17. The van der Waals surface area contributed by atoms with Gasteiger partial charge in [-0.15, -0.1) is 0 Å². The van der Waals surface area contributed by atoms with Gasteiger partial charge in [0.2, 0.25) is 5.91 Å². The first-order valence-electron chi connectivity index (χ1n) is 4.99. The Balaban J connectivity index is 2.54. The van der Waals surface area contributed by atoms with Crippen molar-refractivity contribution in [2.45, 2.75) is 20.8 Å². The summed E-state index contributed by atoms with van der Waals surface area (Å²) in [6, 6.07) is 0. The second-order valence-electron chi connectivity index (χ2n) is 3.44. The number of hydrogen-bond acceptors (Lipinski definition) is 4. The highest BCUT2D eigenvalue weighted by molar-refractivity contribution is 6.31. The summed E-state index contributed by atoms with van der Waals surface area (Å²) in [6.45, 7) is 6.30. The van der Waals surface area contributed by atoms with Crippen molar-refractivity contribution in [2.75, 3.05) is 18.4 Å². The largest absolute Gasteiger partial charge is 0.366 e. The molecule has 2 N–H and O–H groups in total. The zero-order valence-electron chi connectivity index (χ0n) is 9.59. The summed E-state index contributed by atoms with van der Waals surface area (Å²) in [6.07, 6.45) is 0. The highest BCUT2D eigenvalue weighted by Gasteiger charge is 2.05. The number of amides is 1. The fourth-order valence-electron chi connectivity index (χ4n) is 1.11. The summed E-state index contributed by atoms with van der Waals surface area (Å²) in [5.74, 6) is 0.495. The van der Waals surface area contributed by atoms with E-state index in [0.29, 0.717) is 24.1 Å². The molecule has 0 unspecified atom stereocenters. The number of rotatable bonds is 4. The van der Waals surface area contributed by atoms with Crippen molar-refractivity contribution < 1.29 is 4.79 Å². The maximum absolute atomic E-state index is 10.6. The second kappa shape index (κ2) is 5.65. The summed E-state index contributed by atoms with van der Waals surface area (Å²) in [4.78, 5) is 19.0. The molecular weight excluding hydrogens is 228 g/mol. The fourth-order valence-corrected chi connectivity index (χ4v) is 1.34. The lowest BCUT2D eigenvalue weighted by atomic mass is 10.3. The Morgan fingerprint density at radius 2 is 1.88 bits per heavy atom. The maximum Gasteiger partial charge on any atom is 0.216 e. The van der Waals surface area contributed by atoms with E-state index in [1.54, 1.807) is 0 Å². The van der Waals surface area contributed by atoms with Crippen molar-refractivity contribution in [1.82, 2.24) is 15.3 Å². The van der Waals surface area contributed by atoms with Crippen molar-refractivity contribution >= 4 is 23.3 Å². The average molecular weight is 243 g/mol. The molecule has 1 amide bonds. The normalized spacial score (nSPS) is 10.0. The van der Waals surface area contributed by atoms with Gasteiger partial charge in [0.05, 0.1) is 11.4 Å². The first-order valence-corrected chi connectivity index (χ1v) is 5.37. The molecule has 0 spiro atoms. The molecule has 5 nitrogen and oxygen atoms in total. The molecule has 0 radical (unpaired) electrons. The SMILES string of the molecule is CC(=O)NCCNc1nc(C)c(C)nc1Cl. The van der Waals surface area contributed by atoms with E-state index in [0.717, 1.165) is 11.4 Å². The zero-order chi connectivity index (χ0) is 12.1. The molecule has 0 atom stereocenters. The van der Waals surface area contributed by atoms with Crippen LogP contribution in [-0.2, 0) is 4.79 Å². The van der Waals surface area contributed by atoms with Crippen LogP contribution in [0, 0.1) is 13.8 Å². The third kappa shape index (κ3) is 3.66. The Hall–Kier alpha value is -1.36. The van der Waals surface area contributed by atoms with Gasteiger partial charge in [-0.05, 0) is 13.8 Å². The first-order chi connectivity index (χ1) is 7.50. The smallest absolute Gasteiger partial charge is 0.216 e. The minimum Gasteiger partial charge on any atom is -0.366 e. The number of nitrogens with one attached hydrogen (secondary N) is 2. The van der Waals surface area contributed by atoms with E-state index in [-0.39, 0.29) is 5.91 Å². The van der Waals surface area contributed by atoms with Crippen LogP contribution in [0.25, 0.3) is 0 Å². The molecule has 88 valence electrons. The van der Waals surface area contributed by atoms with E-state index in [2.05, 4.69) is 20.6 Å². The fraction of sp³-hybridized carbons (Fsp3) is 0.500. The van der Waals surface area contributed by atoms with Gasteiger partial charge in [-0.1, -0.05) is 11.6 Å². The molecule has 0 aliphatic rings. The van der Waals surface area contributed by atoms with E-state index >= 15 is 0 Å². The van der Waals surface area contributed by atoms with Gasteiger partial charge in [0.1, 0.15) is 0 Å². The zero-order valence-corrected chi connectivity index (χ0v) is 10.4. The molecule has 6 heteroatoms. The molecule has 0 aliphatic heterocycles. The summed E-state index contributed by atoms with van der Waals surface area (Å²) >= 11 is 5.92. The number of carbonyl (C=O) groups excluding carboxylic acids is 1. The van der Waals surface area contributed by atoms with E-state index in [4.69, 9.17) is 11.6 Å². The highest BCUT2D eigenvalue weighted by atomic mass is 35.5. The molecule has 0 aliphatic carbocycles. The van der Waals surface area contributed by atoms with E-state index in [9.17, 15) is 4.79 Å². The minimum absolute atomic E-state index is 0.0564. The van der Waals surface area contributed by atoms with Crippen molar-refractivity contribution in [3.63, 3.8) is 0 Å². The topological polar surface area (TPSA) is 66.9 Å². The second-order valence-corrected chi connectivity index (χ2v) is 3.80. The third-order valence-electron chi connectivity index (χ3n) is 2.06.